The van der Waals surface area contributed by atoms with Gasteiger partial charge in [0, 0.05) is 5.57 Å². The molecular formula is C14H25NO3. The maximum Gasteiger partial charge on any atom is 0.351 e. The van der Waals surface area contributed by atoms with Crippen LogP contribution in [0.1, 0.15) is 52.4 Å². The number of nitrogens with one attached hydrogen (secondary N) is 1. The molecule has 3 atom stereocenters. The largest absolute Gasteiger partial charge is 0.391 e. The first kappa shape index (κ1) is 15.2. The number of hydroxylamine groups is 1. The molecule has 0 spiro atoms. The smallest absolute Gasteiger partial charge is 0.351 e. The Morgan fingerprint density at radius 3 is 2.78 bits per heavy atom. The monoisotopic (exact) mass is 255 g/mol. The van der Waals surface area contributed by atoms with Crippen LogP contribution in [0.3, 0.4) is 0 Å². The molecule has 18 heavy (non-hydrogen) atoms. The molecule has 104 valence electrons. The second kappa shape index (κ2) is 7.54. The lowest BCUT2D eigenvalue weighted by Crippen LogP contribution is -2.45. The quantitative estimate of drug-likeness (QED) is 0.565. The van der Waals surface area contributed by atoms with Crippen LogP contribution in [0.4, 0.5) is 0 Å². The Balaban J connectivity index is 2.29. The Bertz CT molecular complexity index is 291. The fourth-order valence-corrected chi connectivity index (χ4v) is 2.34. The lowest BCUT2D eigenvalue weighted by molar-refractivity contribution is -0.151. The van der Waals surface area contributed by atoms with Crippen LogP contribution < -0.4 is 5.48 Å². The van der Waals surface area contributed by atoms with Crippen molar-refractivity contribution in [3.05, 3.63) is 12.2 Å². The first-order valence-corrected chi connectivity index (χ1v) is 6.84. The number of aliphatic hydroxyl groups is 1. The maximum atomic E-state index is 11.2. The second-order valence-corrected chi connectivity index (χ2v) is 5.28. The van der Waals surface area contributed by atoms with Crippen LogP contribution >= 0.6 is 0 Å². The van der Waals surface area contributed by atoms with Gasteiger partial charge in [-0.2, -0.15) is 0 Å². The molecule has 0 amide bonds. The highest BCUT2D eigenvalue weighted by Gasteiger charge is 2.29. The molecule has 1 saturated carbocycles. The van der Waals surface area contributed by atoms with Gasteiger partial charge in [0.05, 0.1) is 12.1 Å². The van der Waals surface area contributed by atoms with Crippen LogP contribution in [0.2, 0.25) is 0 Å². The highest BCUT2D eigenvalue weighted by Crippen LogP contribution is 2.28. The molecule has 0 aromatic heterocycles. The Labute approximate surface area is 109 Å². The van der Waals surface area contributed by atoms with E-state index in [1.165, 1.54) is 19.3 Å². The van der Waals surface area contributed by atoms with Gasteiger partial charge in [-0.25, -0.2) is 4.79 Å². The van der Waals surface area contributed by atoms with E-state index in [1.54, 1.807) is 6.92 Å². The highest BCUT2D eigenvalue weighted by atomic mass is 16.7. The van der Waals surface area contributed by atoms with E-state index in [0.717, 1.165) is 19.3 Å². The molecular weight excluding hydrogens is 230 g/mol. The van der Waals surface area contributed by atoms with Crippen molar-refractivity contribution >= 4 is 5.97 Å². The van der Waals surface area contributed by atoms with Crippen molar-refractivity contribution in [2.24, 2.45) is 5.92 Å². The summed E-state index contributed by atoms with van der Waals surface area (Å²) >= 11 is 0. The molecule has 1 fully saturated rings. The van der Waals surface area contributed by atoms with Gasteiger partial charge in [-0.05, 0) is 32.1 Å². The Morgan fingerprint density at radius 2 is 2.22 bits per heavy atom. The predicted molar refractivity (Wildman–Crippen MR) is 70.7 cm³/mol. The molecule has 4 nitrogen and oxygen atoms in total. The average Bonchev–Trinajstić information content (AvgIpc) is 2.34. The number of hydrogen-bond acceptors (Lipinski definition) is 4. The van der Waals surface area contributed by atoms with Crippen LogP contribution in [-0.2, 0) is 9.63 Å². The summed E-state index contributed by atoms with van der Waals surface area (Å²) in [6.45, 7) is 7.29. The summed E-state index contributed by atoms with van der Waals surface area (Å²) in [5.41, 5.74) is 3.02. The lowest BCUT2D eigenvalue weighted by atomic mass is 9.81. The van der Waals surface area contributed by atoms with Gasteiger partial charge in [0.2, 0.25) is 0 Å². The molecule has 0 aliphatic heterocycles. The van der Waals surface area contributed by atoms with Gasteiger partial charge in [0.25, 0.3) is 0 Å². The van der Waals surface area contributed by atoms with Crippen molar-refractivity contribution in [1.29, 1.82) is 0 Å². The van der Waals surface area contributed by atoms with E-state index in [-0.39, 0.29) is 6.04 Å². The van der Waals surface area contributed by atoms with E-state index in [2.05, 4.69) is 19.0 Å². The van der Waals surface area contributed by atoms with Crippen molar-refractivity contribution in [3.8, 4) is 0 Å². The zero-order valence-corrected chi connectivity index (χ0v) is 11.4. The first-order chi connectivity index (χ1) is 8.54. The van der Waals surface area contributed by atoms with Gasteiger partial charge in [0.1, 0.15) is 0 Å². The zero-order valence-electron chi connectivity index (χ0n) is 11.4. The highest BCUT2D eigenvalue weighted by molar-refractivity contribution is 5.86. The Kier molecular flexibility index (Phi) is 6.36. The van der Waals surface area contributed by atoms with E-state index in [1.807, 2.05) is 0 Å². The van der Waals surface area contributed by atoms with Gasteiger partial charge in [-0.15, -0.1) is 5.48 Å². The molecule has 0 saturated heterocycles. The summed E-state index contributed by atoms with van der Waals surface area (Å²) in [5, 5.41) is 10.0. The summed E-state index contributed by atoms with van der Waals surface area (Å²) in [4.78, 5) is 16.1. The van der Waals surface area contributed by atoms with Gasteiger partial charge >= 0.3 is 5.97 Å². The van der Waals surface area contributed by atoms with Gasteiger partial charge in [0.15, 0.2) is 0 Å². The molecule has 2 N–H and O–H groups in total. The fourth-order valence-electron chi connectivity index (χ4n) is 2.34. The van der Waals surface area contributed by atoms with Crippen molar-refractivity contribution in [2.75, 3.05) is 0 Å². The van der Waals surface area contributed by atoms with Crippen molar-refractivity contribution < 1.29 is 14.7 Å². The van der Waals surface area contributed by atoms with Crippen molar-refractivity contribution in [2.45, 2.75) is 64.5 Å². The Hall–Kier alpha value is -0.870. The number of rotatable bonds is 6. The molecule has 3 unspecified atom stereocenters. The zero-order chi connectivity index (χ0) is 13.5. The van der Waals surface area contributed by atoms with E-state index >= 15 is 0 Å². The van der Waals surface area contributed by atoms with E-state index in [4.69, 9.17) is 4.84 Å². The van der Waals surface area contributed by atoms with Crippen LogP contribution in [0.5, 0.6) is 0 Å². The summed E-state index contributed by atoms with van der Waals surface area (Å²) in [6, 6.07) is -0.147. The van der Waals surface area contributed by atoms with Gasteiger partial charge < -0.3 is 9.94 Å². The molecule has 1 aliphatic carbocycles. The van der Waals surface area contributed by atoms with E-state index < -0.39 is 12.1 Å². The molecule has 4 heteroatoms. The SMILES string of the molecule is C=C(C)C(=O)ONC1CCC(CCCC)CC1O. The lowest BCUT2D eigenvalue weighted by Gasteiger charge is -2.32. The average molecular weight is 255 g/mol. The van der Waals surface area contributed by atoms with Crippen LogP contribution in [-0.4, -0.2) is 23.2 Å². The van der Waals surface area contributed by atoms with Gasteiger partial charge in [-0.3, -0.25) is 0 Å². The number of hydrogen-bond donors (Lipinski definition) is 2. The predicted octanol–water partition coefficient (Wildman–Crippen LogP) is 2.33. The standard InChI is InChI=1S/C14H25NO3/c1-4-5-6-11-7-8-12(13(16)9-11)15-18-14(17)10(2)3/h11-13,15-16H,2,4-9H2,1,3H3. The minimum Gasteiger partial charge on any atom is -0.391 e. The second-order valence-electron chi connectivity index (χ2n) is 5.28. The number of aliphatic hydroxyl groups excluding tert-OH is 1. The summed E-state index contributed by atoms with van der Waals surface area (Å²) < 4.78 is 0. The van der Waals surface area contributed by atoms with Gasteiger partial charge in [-0.1, -0.05) is 32.8 Å². The normalized spacial score (nSPS) is 27.8. The third kappa shape index (κ3) is 4.78. The maximum absolute atomic E-state index is 11.2. The minimum absolute atomic E-state index is 0.147. The first-order valence-electron chi connectivity index (χ1n) is 6.84. The van der Waals surface area contributed by atoms with Crippen LogP contribution in [0, 0.1) is 5.92 Å². The molecule has 1 rings (SSSR count). The number of carbonyl (C=O) groups is 1. The van der Waals surface area contributed by atoms with E-state index in [0.29, 0.717) is 11.5 Å². The molecule has 1 aliphatic rings. The molecule has 0 radical (unpaired) electrons. The summed E-state index contributed by atoms with van der Waals surface area (Å²) in [6.07, 6.45) is 5.90. The Morgan fingerprint density at radius 1 is 1.50 bits per heavy atom. The number of carbonyl (C=O) groups excluding carboxylic acids is 1. The third-order valence-corrected chi connectivity index (χ3v) is 3.54. The molecule has 0 bridgehead atoms. The molecule has 0 heterocycles. The van der Waals surface area contributed by atoms with Crippen LogP contribution in [0.15, 0.2) is 12.2 Å². The summed E-state index contributed by atoms with van der Waals surface area (Å²) in [7, 11) is 0. The third-order valence-electron chi connectivity index (χ3n) is 3.54. The minimum atomic E-state index is -0.463. The molecule has 0 aromatic carbocycles. The van der Waals surface area contributed by atoms with Crippen LogP contribution in [0.25, 0.3) is 0 Å². The number of unbranched alkanes of at least 4 members (excludes halogenated alkanes) is 1. The van der Waals surface area contributed by atoms with Crippen molar-refractivity contribution in [1.82, 2.24) is 5.48 Å². The fraction of sp³-hybridized carbons (Fsp3) is 0.786. The topological polar surface area (TPSA) is 58.6 Å². The molecule has 0 aromatic rings. The van der Waals surface area contributed by atoms with Crippen molar-refractivity contribution in [3.63, 3.8) is 0 Å². The summed E-state index contributed by atoms with van der Waals surface area (Å²) in [5.74, 6) is 0.144. The van der Waals surface area contributed by atoms with E-state index in [9.17, 15) is 9.90 Å².